The number of Topliss-reactive ketones (excluding diaryl/α,β-unsaturated/α-hetero) is 1. The Bertz CT molecular complexity index is 760. The summed E-state index contributed by atoms with van der Waals surface area (Å²) in [6.45, 7) is -2.92. The molecular formula is C17H10F3NO2. The van der Waals surface area contributed by atoms with E-state index < -0.39 is 18.2 Å². The molecule has 0 bridgehead atoms. The average Bonchev–Trinajstić information content (AvgIpc) is 2.53. The molecule has 0 atom stereocenters. The van der Waals surface area contributed by atoms with E-state index in [1.165, 1.54) is 42.5 Å². The van der Waals surface area contributed by atoms with Crippen LogP contribution in [0.4, 0.5) is 13.2 Å². The molecule has 116 valence electrons. The highest BCUT2D eigenvalue weighted by molar-refractivity contribution is 6.14. The number of benzene rings is 2. The van der Waals surface area contributed by atoms with Gasteiger partial charge in [-0.25, -0.2) is 4.39 Å². The van der Waals surface area contributed by atoms with Crippen LogP contribution in [0.25, 0.3) is 6.08 Å². The molecule has 2 aromatic carbocycles. The minimum atomic E-state index is -2.92. The fourth-order valence-corrected chi connectivity index (χ4v) is 1.82. The molecule has 0 amide bonds. The minimum absolute atomic E-state index is 0.0273. The summed E-state index contributed by atoms with van der Waals surface area (Å²) in [4.78, 5) is 12.2. The van der Waals surface area contributed by atoms with Gasteiger partial charge in [-0.15, -0.1) is 0 Å². The molecule has 0 aliphatic carbocycles. The van der Waals surface area contributed by atoms with Crippen LogP contribution >= 0.6 is 0 Å². The van der Waals surface area contributed by atoms with Gasteiger partial charge in [0, 0.05) is 5.56 Å². The normalized spacial score (nSPS) is 11.2. The molecule has 3 nitrogen and oxygen atoms in total. The van der Waals surface area contributed by atoms with Crippen LogP contribution in [0.5, 0.6) is 5.75 Å². The van der Waals surface area contributed by atoms with Crippen molar-refractivity contribution in [3.05, 3.63) is 71.0 Å². The summed E-state index contributed by atoms with van der Waals surface area (Å²) >= 11 is 0. The van der Waals surface area contributed by atoms with E-state index in [4.69, 9.17) is 5.26 Å². The number of ketones is 1. The van der Waals surface area contributed by atoms with Crippen LogP contribution < -0.4 is 4.74 Å². The first-order valence-corrected chi connectivity index (χ1v) is 6.46. The van der Waals surface area contributed by atoms with Gasteiger partial charge < -0.3 is 4.74 Å². The molecule has 0 aliphatic rings. The Morgan fingerprint density at radius 3 is 2.22 bits per heavy atom. The van der Waals surface area contributed by atoms with Gasteiger partial charge in [0.25, 0.3) is 0 Å². The Labute approximate surface area is 130 Å². The zero-order valence-corrected chi connectivity index (χ0v) is 11.7. The van der Waals surface area contributed by atoms with Crippen molar-refractivity contribution < 1.29 is 22.7 Å². The lowest BCUT2D eigenvalue weighted by Crippen LogP contribution is -2.02. The minimum Gasteiger partial charge on any atom is -0.435 e. The Balaban J connectivity index is 2.23. The van der Waals surface area contributed by atoms with Gasteiger partial charge in [0.1, 0.15) is 23.2 Å². The van der Waals surface area contributed by atoms with Gasteiger partial charge in [-0.05, 0) is 48.0 Å². The van der Waals surface area contributed by atoms with Crippen LogP contribution in [-0.2, 0) is 0 Å². The van der Waals surface area contributed by atoms with Crippen molar-refractivity contribution in [2.45, 2.75) is 6.61 Å². The Morgan fingerprint density at radius 1 is 1.09 bits per heavy atom. The summed E-state index contributed by atoms with van der Waals surface area (Å²) in [5.74, 6) is -1.07. The second-order valence-electron chi connectivity index (χ2n) is 4.45. The maximum absolute atomic E-state index is 12.9. The number of carbonyl (C=O) groups excluding carboxylic acids is 1. The average molecular weight is 317 g/mol. The first-order valence-electron chi connectivity index (χ1n) is 6.46. The highest BCUT2D eigenvalue weighted by Crippen LogP contribution is 2.18. The lowest BCUT2D eigenvalue weighted by molar-refractivity contribution is -0.0498. The third-order valence-electron chi connectivity index (χ3n) is 2.89. The summed E-state index contributed by atoms with van der Waals surface area (Å²) in [5, 5.41) is 9.11. The number of rotatable bonds is 5. The van der Waals surface area contributed by atoms with Crippen molar-refractivity contribution in [2.75, 3.05) is 0 Å². The van der Waals surface area contributed by atoms with E-state index in [0.29, 0.717) is 5.56 Å². The molecule has 6 heteroatoms. The van der Waals surface area contributed by atoms with E-state index in [-0.39, 0.29) is 16.9 Å². The summed E-state index contributed by atoms with van der Waals surface area (Å²) in [6.07, 6.45) is 1.32. The molecule has 0 N–H and O–H groups in total. The summed E-state index contributed by atoms with van der Waals surface area (Å²) in [7, 11) is 0. The Kier molecular flexibility index (Phi) is 5.15. The molecule has 2 rings (SSSR count). The molecule has 0 heterocycles. The van der Waals surface area contributed by atoms with Gasteiger partial charge in [0.15, 0.2) is 0 Å². The van der Waals surface area contributed by atoms with Gasteiger partial charge in [0.05, 0.1) is 0 Å². The maximum atomic E-state index is 12.9. The van der Waals surface area contributed by atoms with Gasteiger partial charge in [-0.2, -0.15) is 14.0 Å². The lowest BCUT2D eigenvalue weighted by Gasteiger charge is -2.04. The molecule has 23 heavy (non-hydrogen) atoms. The van der Waals surface area contributed by atoms with Crippen molar-refractivity contribution in [3.8, 4) is 11.8 Å². The number of carbonyl (C=O) groups is 1. The van der Waals surface area contributed by atoms with Gasteiger partial charge in [-0.1, -0.05) is 12.1 Å². The van der Waals surface area contributed by atoms with E-state index in [1.807, 2.05) is 0 Å². The van der Waals surface area contributed by atoms with Gasteiger partial charge in [-0.3, -0.25) is 4.79 Å². The predicted molar refractivity (Wildman–Crippen MR) is 77.4 cm³/mol. The summed E-state index contributed by atoms with van der Waals surface area (Å²) < 4.78 is 41.2. The monoisotopic (exact) mass is 317 g/mol. The van der Waals surface area contributed by atoms with E-state index in [2.05, 4.69) is 4.74 Å². The fourth-order valence-electron chi connectivity index (χ4n) is 1.82. The van der Waals surface area contributed by atoms with Crippen LogP contribution in [0.1, 0.15) is 15.9 Å². The number of halogens is 3. The molecule has 0 aliphatic heterocycles. The quantitative estimate of drug-likeness (QED) is 0.471. The SMILES string of the molecule is N#C/C(=C\c1ccc(OC(F)F)cc1)C(=O)c1ccc(F)cc1. The van der Waals surface area contributed by atoms with E-state index in [1.54, 1.807) is 6.07 Å². The number of allylic oxidation sites excluding steroid dienone is 1. The van der Waals surface area contributed by atoms with E-state index in [9.17, 15) is 18.0 Å². The zero-order valence-electron chi connectivity index (χ0n) is 11.7. The Morgan fingerprint density at radius 2 is 1.70 bits per heavy atom. The number of alkyl halides is 2. The van der Waals surface area contributed by atoms with Crippen molar-refractivity contribution >= 4 is 11.9 Å². The highest BCUT2D eigenvalue weighted by Gasteiger charge is 2.12. The van der Waals surface area contributed by atoms with Crippen LogP contribution in [0, 0.1) is 17.1 Å². The standard InChI is InChI=1S/C17H10F3NO2/c18-14-5-3-12(4-6-14)16(22)13(10-21)9-11-1-7-15(8-2-11)23-17(19)20/h1-9,17H/b13-9+. The highest BCUT2D eigenvalue weighted by atomic mass is 19.3. The van der Waals surface area contributed by atoms with Crippen molar-refractivity contribution in [2.24, 2.45) is 0 Å². The number of hydrogen-bond donors (Lipinski definition) is 0. The molecule has 0 radical (unpaired) electrons. The largest absolute Gasteiger partial charge is 0.435 e. The molecule has 0 spiro atoms. The maximum Gasteiger partial charge on any atom is 0.387 e. The number of ether oxygens (including phenoxy) is 1. The van der Waals surface area contributed by atoms with Crippen LogP contribution in [0.3, 0.4) is 0 Å². The number of nitriles is 1. The number of nitrogens with zero attached hydrogens (tertiary/aromatic N) is 1. The molecule has 0 fully saturated rings. The Hall–Kier alpha value is -3.07. The smallest absolute Gasteiger partial charge is 0.387 e. The van der Waals surface area contributed by atoms with E-state index >= 15 is 0 Å². The zero-order chi connectivity index (χ0) is 16.8. The van der Waals surface area contributed by atoms with E-state index in [0.717, 1.165) is 12.1 Å². The molecule has 2 aromatic rings. The van der Waals surface area contributed by atoms with Crippen molar-refractivity contribution in [3.63, 3.8) is 0 Å². The molecule has 0 saturated carbocycles. The summed E-state index contributed by atoms with van der Waals surface area (Å²) in [5.41, 5.74) is 0.495. The van der Waals surface area contributed by atoms with Crippen molar-refractivity contribution in [1.82, 2.24) is 0 Å². The number of hydrogen-bond acceptors (Lipinski definition) is 3. The third-order valence-corrected chi connectivity index (χ3v) is 2.89. The molecule has 0 aromatic heterocycles. The van der Waals surface area contributed by atoms with Gasteiger partial charge >= 0.3 is 6.61 Å². The van der Waals surface area contributed by atoms with Crippen LogP contribution in [-0.4, -0.2) is 12.4 Å². The molecular weight excluding hydrogens is 307 g/mol. The predicted octanol–water partition coefficient (Wildman–Crippen LogP) is 4.22. The first kappa shape index (κ1) is 16.3. The van der Waals surface area contributed by atoms with Crippen LogP contribution in [0.15, 0.2) is 54.1 Å². The van der Waals surface area contributed by atoms with Gasteiger partial charge in [0.2, 0.25) is 5.78 Å². The second-order valence-corrected chi connectivity index (χ2v) is 4.45. The molecule has 0 unspecified atom stereocenters. The van der Waals surface area contributed by atoms with Crippen molar-refractivity contribution in [1.29, 1.82) is 5.26 Å². The lowest BCUT2D eigenvalue weighted by atomic mass is 10.0. The summed E-state index contributed by atoms with van der Waals surface area (Å²) in [6, 6.07) is 12.1. The topological polar surface area (TPSA) is 50.1 Å². The first-order chi connectivity index (χ1) is 11.0. The second kappa shape index (κ2) is 7.27. The third kappa shape index (κ3) is 4.45. The van der Waals surface area contributed by atoms with Crippen LogP contribution in [0.2, 0.25) is 0 Å². The fraction of sp³-hybridized carbons (Fsp3) is 0.0588. The molecule has 0 saturated heterocycles.